The average Bonchev–Trinajstić information content (AvgIpc) is 2.48. The molecular formula is C15H13FN2O2. The number of para-hydroxylation sites is 2. The number of carbonyl (C=O) groups is 1. The molecule has 0 radical (unpaired) electrons. The molecule has 1 aliphatic rings. The lowest BCUT2D eigenvalue weighted by Gasteiger charge is -2.29. The van der Waals surface area contributed by atoms with Crippen molar-refractivity contribution in [3.63, 3.8) is 0 Å². The molecule has 3 rings (SSSR count). The van der Waals surface area contributed by atoms with Gasteiger partial charge in [-0.15, -0.1) is 0 Å². The number of nitrogen functional groups attached to an aromatic ring is 1. The second-order valence-electron chi connectivity index (χ2n) is 4.51. The minimum absolute atomic E-state index is 0.0262. The Morgan fingerprint density at radius 3 is 2.90 bits per heavy atom. The van der Waals surface area contributed by atoms with E-state index in [4.69, 9.17) is 10.5 Å². The second kappa shape index (κ2) is 4.85. The molecule has 0 fully saturated rings. The number of carbonyl (C=O) groups excluding carboxylic acids is 1. The van der Waals surface area contributed by atoms with Gasteiger partial charge in [-0.25, -0.2) is 4.39 Å². The first-order valence-corrected chi connectivity index (χ1v) is 6.25. The van der Waals surface area contributed by atoms with Gasteiger partial charge in [-0.05, 0) is 30.3 Å². The Bertz CT molecular complexity index is 673. The van der Waals surface area contributed by atoms with Crippen molar-refractivity contribution >= 4 is 17.3 Å². The summed E-state index contributed by atoms with van der Waals surface area (Å²) < 4.78 is 19.3. The zero-order valence-electron chi connectivity index (χ0n) is 10.7. The van der Waals surface area contributed by atoms with Crippen molar-refractivity contribution in [2.75, 3.05) is 23.8 Å². The van der Waals surface area contributed by atoms with Crippen LogP contribution >= 0.6 is 0 Å². The van der Waals surface area contributed by atoms with E-state index >= 15 is 0 Å². The largest absolute Gasteiger partial charge is 0.490 e. The molecule has 0 saturated heterocycles. The first-order chi connectivity index (χ1) is 9.66. The number of halogens is 1. The maximum atomic E-state index is 13.8. The van der Waals surface area contributed by atoms with Crippen LogP contribution < -0.4 is 15.4 Å². The summed E-state index contributed by atoms with van der Waals surface area (Å²) in [6.45, 7) is 0.761. The Kier molecular flexibility index (Phi) is 3.02. The van der Waals surface area contributed by atoms with Crippen LogP contribution in [0.25, 0.3) is 0 Å². The summed E-state index contributed by atoms with van der Waals surface area (Å²) in [6, 6.07) is 11.2. The van der Waals surface area contributed by atoms with Crippen LogP contribution in [0.15, 0.2) is 42.5 Å². The van der Waals surface area contributed by atoms with E-state index in [-0.39, 0.29) is 5.56 Å². The van der Waals surface area contributed by atoms with Crippen LogP contribution in [0.1, 0.15) is 10.4 Å². The van der Waals surface area contributed by atoms with Gasteiger partial charge in [-0.2, -0.15) is 0 Å². The summed E-state index contributed by atoms with van der Waals surface area (Å²) in [4.78, 5) is 14.0. The highest BCUT2D eigenvalue weighted by Gasteiger charge is 2.26. The number of nitrogens with zero attached hydrogens (tertiary/aromatic N) is 1. The number of rotatable bonds is 1. The Morgan fingerprint density at radius 2 is 2.05 bits per heavy atom. The Balaban J connectivity index is 2.02. The van der Waals surface area contributed by atoms with Crippen LogP contribution in [0, 0.1) is 5.82 Å². The number of nitrogens with two attached hydrogens (primary N) is 1. The van der Waals surface area contributed by atoms with E-state index in [0.29, 0.717) is 30.3 Å². The van der Waals surface area contributed by atoms with Crippen molar-refractivity contribution in [1.82, 2.24) is 0 Å². The summed E-state index contributed by atoms with van der Waals surface area (Å²) in [5.41, 5.74) is 6.60. The highest BCUT2D eigenvalue weighted by atomic mass is 19.1. The van der Waals surface area contributed by atoms with E-state index in [1.807, 2.05) is 12.1 Å². The number of anilines is 2. The van der Waals surface area contributed by atoms with Crippen molar-refractivity contribution in [3.05, 3.63) is 53.8 Å². The molecule has 2 N–H and O–H groups in total. The lowest BCUT2D eigenvalue weighted by atomic mass is 10.1. The molecule has 1 heterocycles. The van der Waals surface area contributed by atoms with E-state index in [0.717, 1.165) is 0 Å². The van der Waals surface area contributed by atoms with Gasteiger partial charge >= 0.3 is 0 Å². The van der Waals surface area contributed by atoms with Crippen LogP contribution in [-0.2, 0) is 0 Å². The predicted molar refractivity (Wildman–Crippen MR) is 74.4 cm³/mol. The molecule has 0 unspecified atom stereocenters. The minimum atomic E-state index is -0.576. The molecule has 0 aliphatic carbocycles. The predicted octanol–water partition coefficient (Wildman–Crippen LogP) is 2.45. The van der Waals surface area contributed by atoms with Crippen LogP contribution in [0.3, 0.4) is 0 Å². The van der Waals surface area contributed by atoms with Gasteiger partial charge in [0.05, 0.1) is 17.8 Å². The van der Waals surface area contributed by atoms with Gasteiger partial charge in [-0.3, -0.25) is 4.79 Å². The molecule has 1 amide bonds. The number of fused-ring (bicyclic) bond motifs is 1. The van der Waals surface area contributed by atoms with Crippen molar-refractivity contribution in [3.8, 4) is 5.75 Å². The molecule has 102 valence electrons. The number of ether oxygens (including phenoxy) is 1. The summed E-state index contributed by atoms with van der Waals surface area (Å²) >= 11 is 0. The van der Waals surface area contributed by atoms with E-state index < -0.39 is 11.7 Å². The van der Waals surface area contributed by atoms with E-state index in [2.05, 4.69) is 0 Å². The molecule has 0 atom stereocenters. The van der Waals surface area contributed by atoms with Gasteiger partial charge in [0.25, 0.3) is 5.91 Å². The maximum absolute atomic E-state index is 13.8. The number of hydrogen-bond donors (Lipinski definition) is 1. The molecule has 0 bridgehead atoms. The standard InChI is InChI=1S/C15H13FN2O2/c16-12-6-5-10(17)9-11(12)15(19)18-7-8-20-14-4-2-1-3-13(14)18/h1-6,9H,7-8,17H2. The number of benzene rings is 2. The summed E-state index contributed by atoms with van der Waals surface area (Å²) in [6.07, 6.45) is 0. The first kappa shape index (κ1) is 12.5. The Morgan fingerprint density at radius 1 is 1.25 bits per heavy atom. The molecular weight excluding hydrogens is 259 g/mol. The highest BCUT2D eigenvalue weighted by molar-refractivity contribution is 6.07. The van der Waals surface area contributed by atoms with Crippen molar-refractivity contribution < 1.29 is 13.9 Å². The van der Waals surface area contributed by atoms with Crippen molar-refractivity contribution in [1.29, 1.82) is 0 Å². The molecule has 20 heavy (non-hydrogen) atoms. The van der Waals surface area contributed by atoms with Crippen LogP contribution in [0.2, 0.25) is 0 Å². The Labute approximate surface area is 115 Å². The smallest absolute Gasteiger partial charge is 0.261 e. The highest BCUT2D eigenvalue weighted by Crippen LogP contribution is 2.32. The lowest BCUT2D eigenvalue weighted by Crippen LogP contribution is -2.38. The molecule has 0 spiro atoms. The monoisotopic (exact) mass is 272 g/mol. The third kappa shape index (κ3) is 2.07. The van der Waals surface area contributed by atoms with Crippen LogP contribution in [0.4, 0.5) is 15.8 Å². The third-order valence-electron chi connectivity index (χ3n) is 3.19. The quantitative estimate of drug-likeness (QED) is 0.811. The summed E-state index contributed by atoms with van der Waals surface area (Å²) in [7, 11) is 0. The van der Waals surface area contributed by atoms with Crippen molar-refractivity contribution in [2.45, 2.75) is 0 Å². The molecule has 2 aromatic rings. The van der Waals surface area contributed by atoms with Gasteiger partial charge in [0.15, 0.2) is 0 Å². The van der Waals surface area contributed by atoms with Gasteiger partial charge in [0.2, 0.25) is 0 Å². The van der Waals surface area contributed by atoms with Crippen molar-refractivity contribution in [2.24, 2.45) is 0 Å². The normalized spacial score (nSPS) is 13.6. The maximum Gasteiger partial charge on any atom is 0.261 e. The summed E-state index contributed by atoms with van der Waals surface area (Å²) in [5.74, 6) is -0.366. The number of amides is 1. The molecule has 4 nitrogen and oxygen atoms in total. The number of hydrogen-bond acceptors (Lipinski definition) is 3. The summed E-state index contributed by atoms with van der Waals surface area (Å²) in [5, 5.41) is 0. The fraction of sp³-hybridized carbons (Fsp3) is 0.133. The van der Waals surface area contributed by atoms with Crippen LogP contribution in [-0.4, -0.2) is 19.1 Å². The topological polar surface area (TPSA) is 55.6 Å². The minimum Gasteiger partial charge on any atom is -0.490 e. The average molecular weight is 272 g/mol. The molecule has 2 aromatic carbocycles. The lowest BCUT2D eigenvalue weighted by molar-refractivity contribution is 0.0972. The van der Waals surface area contributed by atoms with Gasteiger partial charge in [0, 0.05) is 5.69 Å². The third-order valence-corrected chi connectivity index (χ3v) is 3.19. The van der Waals surface area contributed by atoms with E-state index in [1.54, 1.807) is 12.1 Å². The zero-order chi connectivity index (χ0) is 14.1. The first-order valence-electron chi connectivity index (χ1n) is 6.25. The fourth-order valence-corrected chi connectivity index (χ4v) is 2.23. The molecule has 0 saturated carbocycles. The van der Waals surface area contributed by atoms with Crippen LogP contribution in [0.5, 0.6) is 5.75 Å². The second-order valence-corrected chi connectivity index (χ2v) is 4.51. The van der Waals surface area contributed by atoms with Gasteiger partial charge in [-0.1, -0.05) is 12.1 Å². The zero-order valence-corrected chi connectivity index (χ0v) is 10.7. The molecule has 1 aliphatic heterocycles. The molecule has 5 heteroatoms. The Hall–Kier alpha value is -2.56. The van der Waals surface area contributed by atoms with Gasteiger partial charge < -0.3 is 15.4 Å². The van der Waals surface area contributed by atoms with Gasteiger partial charge in [0.1, 0.15) is 18.2 Å². The molecule has 0 aromatic heterocycles. The fourth-order valence-electron chi connectivity index (χ4n) is 2.23. The van der Waals surface area contributed by atoms with E-state index in [9.17, 15) is 9.18 Å². The van der Waals surface area contributed by atoms with E-state index in [1.165, 1.54) is 23.1 Å². The SMILES string of the molecule is Nc1ccc(F)c(C(=O)N2CCOc3ccccc32)c1.